The molecule has 1 amide bonds. The number of nitrogens with zero attached hydrogens (tertiary/aromatic N) is 1. The lowest BCUT2D eigenvalue weighted by molar-refractivity contribution is -0.156. The molecule has 0 aliphatic carbocycles. The second-order valence-electron chi connectivity index (χ2n) is 4.27. The number of amides is 1. The van der Waals surface area contributed by atoms with Gasteiger partial charge in [-0.2, -0.15) is 0 Å². The van der Waals surface area contributed by atoms with Gasteiger partial charge in [0.25, 0.3) is 0 Å². The van der Waals surface area contributed by atoms with Gasteiger partial charge in [-0.15, -0.1) is 11.8 Å². The van der Waals surface area contributed by atoms with E-state index >= 15 is 0 Å². The molecule has 5 heteroatoms. The molecule has 2 rings (SSSR count). The molecule has 96 valence electrons. The minimum Gasteiger partial charge on any atom is -0.480 e. The van der Waals surface area contributed by atoms with E-state index in [4.69, 9.17) is 5.11 Å². The van der Waals surface area contributed by atoms with Crippen LogP contribution in [0.1, 0.15) is 18.9 Å². The first kappa shape index (κ1) is 13.0. The average molecular weight is 265 g/mol. The van der Waals surface area contributed by atoms with E-state index in [2.05, 4.69) is 0 Å². The van der Waals surface area contributed by atoms with Crippen LogP contribution in [0.4, 0.5) is 0 Å². The standard InChI is InChI=1S/C13H15NO3S/c1-9(13(16)17)14-11(15)7-12(14)18-8-10-5-3-2-4-6-10/h2-6,9,12H,7-8H2,1H3,(H,16,17). The number of carbonyl (C=O) groups excluding carboxylic acids is 1. The van der Waals surface area contributed by atoms with Crippen molar-refractivity contribution >= 4 is 23.6 Å². The maximum absolute atomic E-state index is 11.4. The van der Waals surface area contributed by atoms with Crippen molar-refractivity contribution in [2.75, 3.05) is 0 Å². The van der Waals surface area contributed by atoms with Crippen molar-refractivity contribution in [2.24, 2.45) is 0 Å². The van der Waals surface area contributed by atoms with Crippen LogP contribution in [0.15, 0.2) is 30.3 Å². The number of rotatable bonds is 5. The van der Waals surface area contributed by atoms with Crippen molar-refractivity contribution in [3.05, 3.63) is 35.9 Å². The number of thioether (sulfide) groups is 1. The molecular formula is C13H15NO3S. The fraction of sp³-hybridized carbons (Fsp3) is 0.385. The third kappa shape index (κ3) is 2.67. The Morgan fingerprint density at radius 1 is 1.50 bits per heavy atom. The minimum absolute atomic E-state index is 0.0104. The first-order chi connectivity index (χ1) is 8.59. The van der Waals surface area contributed by atoms with E-state index < -0.39 is 12.0 Å². The van der Waals surface area contributed by atoms with Crippen molar-refractivity contribution in [1.82, 2.24) is 4.90 Å². The monoisotopic (exact) mass is 265 g/mol. The Balaban J connectivity index is 1.91. The molecule has 0 aromatic heterocycles. The van der Waals surface area contributed by atoms with Gasteiger partial charge in [0.2, 0.25) is 5.91 Å². The normalized spacial score (nSPS) is 20.4. The van der Waals surface area contributed by atoms with E-state index in [-0.39, 0.29) is 11.3 Å². The summed E-state index contributed by atoms with van der Waals surface area (Å²) in [5.41, 5.74) is 1.18. The Bertz CT molecular complexity index is 449. The molecule has 2 atom stereocenters. The average Bonchev–Trinajstić information content (AvgIpc) is 2.35. The number of carboxylic acids is 1. The molecule has 18 heavy (non-hydrogen) atoms. The Morgan fingerprint density at radius 3 is 2.72 bits per heavy atom. The van der Waals surface area contributed by atoms with Gasteiger partial charge < -0.3 is 10.0 Å². The molecule has 4 nitrogen and oxygen atoms in total. The molecule has 1 N–H and O–H groups in total. The van der Waals surface area contributed by atoms with Gasteiger partial charge in [-0.3, -0.25) is 4.79 Å². The van der Waals surface area contributed by atoms with Crippen LogP contribution >= 0.6 is 11.8 Å². The molecule has 0 saturated carbocycles. The van der Waals surface area contributed by atoms with Crippen LogP contribution in [0.25, 0.3) is 0 Å². The highest BCUT2D eigenvalue weighted by atomic mass is 32.2. The zero-order chi connectivity index (χ0) is 13.1. The van der Waals surface area contributed by atoms with Crippen molar-refractivity contribution in [3.63, 3.8) is 0 Å². The lowest BCUT2D eigenvalue weighted by Gasteiger charge is -2.42. The highest BCUT2D eigenvalue weighted by Gasteiger charge is 2.41. The molecule has 1 aliphatic rings. The number of carboxylic acid groups (broad SMARTS) is 1. The number of hydrogen-bond donors (Lipinski definition) is 1. The third-order valence-electron chi connectivity index (χ3n) is 3.01. The van der Waals surface area contributed by atoms with Crippen molar-refractivity contribution in [1.29, 1.82) is 0 Å². The third-order valence-corrected chi connectivity index (χ3v) is 4.29. The molecule has 1 aromatic rings. The number of likely N-dealkylation sites (tertiary alicyclic amines) is 1. The molecule has 0 spiro atoms. The van der Waals surface area contributed by atoms with Gasteiger partial charge in [0.05, 0.1) is 11.8 Å². The molecule has 1 aromatic carbocycles. The summed E-state index contributed by atoms with van der Waals surface area (Å²) in [6.07, 6.45) is 0.440. The van der Waals surface area contributed by atoms with Crippen LogP contribution in [-0.2, 0) is 15.3 Å². The highest BCUT2D eigenvalue weighted by molar-refractivity contribution is 7.99. The zero-order valence-electron chi connectivity index (χ0n) is 10.1. The molecule has 2 unspecified atom stereocenters. The summed E-state index contributed by atoms with van der Waals surface area (Å²) in [6.45, 7) is 1.55. The first-order valence-corrected chi connectivity index (χ1v) is 6.84. The Kier molecular flexibility index (Phi) is 3.91. The topological polar surface area (TPSA) is 57.6 Å². The predicted octanol–water partition coefficient (Wildman–Crippen LogP) is 1.95. The van der Waals surface area contributed by atoms with Crippen molar-refractivity contribution in [3.8, 4) is 0 Å². The second-order valence-corrected chi connectivity index (χ2v) is 5.44. The summed E-state index contributed by atoms with van der Waals surface area (Å²) < 4.78 is 0. The van der Waals surface area contributed by atoms with Crippen molar-refractivity contribution in [2.45, 2.75) is 30.5 Å². The number of β-lactam (4-membered cyclic amide) rings is 1. The lowest BCUT2D eigenvalue weighted by atomic mass is 10.1. The second kappa shape index (κ2) is 5.44. The molecule has 1 aliphatic heterocycles. The van der Waals surface area contributed by atoms with Crippen LogP contribution in [0.2, 0.25) is 0 Å². The highest BCUT2D eigenvalue weighted by Crippen LogP contribution is 2.33. The van der Waals surface area contributed by atoms with Crippen LogP contribution in [0.5, 0.6) is 0 Å². The summed E-state index contributed by atoms with van der Waals surface area (Å²) in [4.78, 5) is 23.8. The number of benzene rings is 1. The van der Waals surface area contributed by atoms with Gasteiger partial charge in [0.15, 0.2) is 0 Å². The van der Waals surface area contributed by atoms with E-state index in [9.17, 15) is 9.59 Å². The maximum atomic E-state index is 11.4. The van der Waals surface area contributed by atoms with E-state index in [0.717, 1.165) is 5.75 Å². The lowest BCUT2D eigenvalue weighted by Crippen LogP contribution is -2.57. The number of carbonyl (C=O) groups is 2. The maximum Gasteiger partial charge on any atom is 0.326 e. The van der Waals surface area contributed by atoms with E-state index in [1.807, 2.05) is 30.3 Å². The van der Waals surface area contributed by atoms with Crippen LogP contribution in [-0.4, -0.2) is 33.3 Å². The molecule has 0 bridgehead atoms. The summed E-state index contributed by atoms with van der Waals surface area (Å²) in [5.74, 6) is -0.231. The molecule has 0 radical (unpaired) electrons. The Morgan fingerprint density at radius 2 is 2.17 bits per heavy atom. The van der Waals surface area contributed by atoms with Gasteiger partial charge in [0, 0.05) is 5.75 Å². The quantitative estimate of drug-likeness (QED) is 0.827. The zero-order valence-corrected chi connectivity index (χ0v) is 10.9. The van der Waals surface area contributed by atoms with Gasteiger partial charge in [-0.1, -0.05) is 30.3 Å². The number of hydrogen-bond acceptors (Lipinski definition) is 3. The van der Waals surface area contributed by atoms with Crippen molar-refractivity contribution < 1.29 is 14.7 Å². The van der Waals surface area contributed by atoms with Gasteiger partial charge in [-0.05, 0) is 12.5 Å². The SMILES string of the molecule is CC(C(=O)O)N1C(=O)CC1SCc1ccccc1. The Hall–Kier alpha value is -1.49. The minimum atomic E-state index is -0.951. The van der Waals surface area contributed by atoms with E-state index in [1.54, 1.807) is 18.7 Å². The predicted molar refractivity (Wildman–Crippen MR) is 70.1 cm³/mol. The molecular weight excluding hydrogens is 250 g/mol. The van der Waals surface area contributed by atoms with Crippen LogP contribution in [0.3, 0.4) is 0 Å². The van der Waals surface area contributed by atoms with Crippen LogP contribution < -0.4 is 0 Å². The smallest absolute Gasteiger partial charge is 0.326 e. The van der Waals surface area contributed by atoms with Gasteiger partial charge in [-0.25, -0.2) is 4.79 Å². The van der Waals surface area contributed by atoms with E-state index in [0.29, 0.717) is 6.42 Å². The molecule has 1 heterocycles. The first-order valence-electron chi connectivity index (χ1n) is 5.79. The fourth-order valence-electron chi connectivity index (χ4n) is 1.89. The molecule has 1 fully saturated rings. The largest absolute Gasteiger partial charge is 0.480 e. The summed E-state index contributed by atoms with van der Waals surface area (Å²) >= 11 is 1.62. The molecule has 1 saturated heterocycles. The number of aliphatic carboxylic acids is 1. The summed E-state index contributed by atoms with van der Waals surface area (Å²) in [7, 11) is 0. The fourth-order valence-corrected chi connectivity index (χ4v) is 3.19. The van der Waals surface area contributed by atoms with Crippen LogP contribution in [0, 0.1) is 0 Å². The Labute approximate surface area is 110 Å². The summed E-state index contributed by atoms with van der Waals surface area (Å²) in [6, 6.07) is 9.22. The summed E-state index contributed by atoms with van der Waals surface area (Å²) in [5, 5.41) is 8.92. The van der Waals surface area contributed by atoms with E-state index in [1.165, 1.54) is 10.5 Å². The van der Waals surface area contributed by atoms with Gasteiger partial charge >= 0.3 is 5.97 Å². The van der Waals surface area contributed by atoms with Gasteiger partial charge in [0.1, 0.15) is 6.04 Å².